The van der Waals surface area contributed by atoms with Crippen LogP contribution in [0.2, 0.25) is 0 Å². The Morgan fingerprint density at radius 2 is 1.14 bits per heavy atom. The van der Waals surface area contributed by atoms with Gasteiger partial charge in [0.1, 0.15) is 0 Å². The number of hydrogen-bond donors (Lipinski definition) is 0. The predicted molar refractivity (Wildman–Crippen MR) is 127 cm³/mol. The largest absolute Gasteiger partial charge is 0.536 e. The second-order valence-corrected chi connectivity index (χ2v) is 9.03. The first-order valence-electron chi connectivity index (χ1n) is 10.4. The van der Waals surface area contributed by atoms with E-state index in [-0.39, 0.29) is 16.9 Å². The van der Waals surface area contributed by atoms with Crippen molar-refractivity contribution in [1.82, 2.24) is 0 Å². The molecule has 4 rings (SSSR count). The van der Waals surface area contributed by atoms with Crippen LogP contribution >= 0.6 is 0 Å². The summed E-state index contributed by atoms with van der Waals surface area (Å²) < 4.78 is 65.0. The molecular weight excluding hydrogens is 495 g/mol. The van der Waals surface area contributed by atoms with E-state index in [0.29, 0.717) is 21.9 Å². The minimum Gasteiger partial charge on any atom is -0.289 e. The van der Waals surface area contributed by atoms with Crippen LogP contribution in [0.5, 0.6) is 0 Å². The summed E-state index contributed by atoms with van der Waals surface area (Å²) in [6.45, 7) is 0. The molecule has 0 aliphatic heterocycles. The summed E-state index contributed by atoms with van der Waals surface area (Å²) >= 11 is 0. The van der Waals surface area contributed by atoms with E-state index in [1.807, 2.05) is 0 Å². The maximum absolute atomic E-state index is 13.5. The number of benzene rings is 4. The van der Waals surface area contributed by atoms with E-state index in [1.54, 1.807) is 60.7 Å². The lowest BCUT2D eigenvalue weighted by atomic mass is 9.91. The molecule has 182 valence electrons. The van der Waals surface area contributed by atoms with Gasteiger partial charge >= 0.3 is 15.6 Å². The summed E-state index contributed by atoms with van der Waals surface area (Å²) in [6, 6.07) is 25.1. The smallest absolute Gasteiger partial charge is 0.289 e. The Morgan fingerprint density at radius 1 is 0.667 bits per heavy atom. The van der Waals surface area contributed by atoms with Gasteiger partial charge in [0.05, 0.1) is 0 Å². The predicted octanol–water partition coefficient (Wildman–Crippen LogP) is 5.52. The van der Waals surface area contributed by atoms with Crippen LogP contribution in [0, 0.1) is 0 Å². The number of Topliss-reactive ketones (excluding diaryl/α,β-unsaturated/α-hetero) is 1. The van der Waals surface area contributed by atoms with Gasteiger partial charge in [-0.05, 0) is 22.9 Å². The fourth-order valence-electron chi connectivity index (χ4n) is 3.52. The summed E-state index contributed by atoms with van der Waals surface area (Å²) in [6.07, 6.45) is 0. The molecule has 6 nitrogen and oxygen atoms in total. The molecule has 4 aromatic carbocycles. The molecule has 10 heteroatoms. The van der Waals surface area contributed by atoms with E-state index in [9.17, 15) is 31.2 Å². The van der Waals surface area contributed by atoms with Crippen molar-refractivity contribution in [2.45, 2.75) is 5.51 Å². The number of carbonyl (C=O) groups is 2. The van der Waals surface area contributed by atoms with Crippen molar-refractivity contribution < 1.29 is 35.5 Å². The highest BCUT2D eigenvalue weighted by molar-refractivity contribution is 7.87. The van der Waals surface area contributed by atoms with Crippen LogP contribution < -0.4 is 0 Å². The minimum absolute atomic E-state index is 0.00850. The third-order valence-electron chi connectivity index (χ3n) is 5.22. The monoisotopic (exact) mass is 511 g/mol. The number of halogens is 3. The SMILES string of the molecule is O=C(/C(=N/OS(=O)(=O)C(F)(F)F)c1ccccc1)c1ccc(C(=O)c2ccccc2)c2ccccc12. The summed E-state index contributed by atoms with van der Waals surface area (Å²) in [5.41, 5.74) is -5.62. The molecule has 0 unspecified atom stereocenters. The normalized spacial score (nSPS) is 12.4. The minimum atomic E-state index is -6.09. The topological polar surface area (TPSA) is 89.9 Å². The fourth-order valence-corrected chi connectivity index (χ4v) is 3.77. The van der Waals surface area contributed by atoms with Crippen molar-refractivity contribution in [2.24, 2.45) is 5.16 Å². The Bertz CT molecular complexity index is 1580. The van der Waals surface area contributed by atoms with Crippen molar-refractivity contribution in [2.75, 3.05) is 0 Å². The zero-order valence-electron chi connectivity index (χ0n) is 18.3. The average Bonchev–Trinajstić information content (AvgIpc) is 2.88. The maximum Gasteiger partial charge on any atom is 0.536 e. The summed E-state index contributed by atoms with van der Waals surface area (Å²) in [4.78, 5) is 26.6. The molecule has 0 aromatic heterocycles. The Kier molecular flexibility index (Phi) is 6.71. The molecule has 0 aliphatic carbocycles. The van der Waals surface area contributed by atoms with Gasteiger partial charge in [0.25, 0.3) is 0 Å². The van der Waals surface area contributed by atoms with Gasteiger partial charge in [0.15, 0.2) is 11.5 Å². The van der Waals surface area contributed by atoms with Gasteiger partial charge in [-0.25, -0.2) is 0 Å². The molecule has 0 heterocycles. The van der Waals surface area contributed by atoms with Gasteiger partial charge in [-0.1, -0.05) is 90.1 Å². The standard InChI is InChI=1S/C26H16F3NO5S/c27-26(28,29)36(33,34)35-30-23(17-9-3-1-4-10-17)25(32)22-16-15-21(19-13-7-8-14-20(19)22)24(31)18-11-5-2-6-12-18/h1-16H/b30-23+. The maximum atomic E-state index is 13.5. The lowest BCUT2D eigenvalue weighted by Gasteiger charge is -2.12. The molecule has 0 fully saturated rings. The number of rotatable bonds is 7. The van der Waals surface area contributed by atoms with Gasteiger partial charge in [0, 0.05) is 22.3 Å². The Morgan fingerprint density at radius 3 is 1.69 bits per heavy atom. The van der Waals surface area contributed by atoms with Gasteiger partial charge in [-0.2, -0.15) is 21.6 Å². The molecule has 0 saturated heterocycles. The molecule has 0 N–H and O–H groups in total. The summed E-state index contributed by atoms with van der Waals surface area (Å²) in [5, 5.41) is 3.86. The van der Waals surface area contributed by atoms with Crippen molar-refractivity contribution in [3.8, 4) is 0 Å². The zero-order chi connectivity index (χ0) is 25.9. The molecule has 36 heavy (non-hydrogen) atoms. The fraction of sp³-hybridized carbons (Fsp3) is 0.0385. The van der Waals surface area contributed by atoms with Crippen LogP contribution in [-0.4, -0.2) is 31.2 Å². The number of ketones is 2. The van der Waals surface area contributed by atoms with Crippen molar-refractivity contribution >= 4 is 38.2 Å². The molecule has 0 amide bonds. The number of fused-ring (bicyclic) bond motifs is 1. The van der Waals surface area contributed by atoms with Crippen LogP contribution in [-0.2, 0) is 14.4 Å². The molecule has 0 spiro atoms. The first kappa shape index (κ1) is 24.8. The first-order chi connectivity index (χ1) is 17.1. The van der Waals surface area contributed by atoms with Gasteiger partial charge in [0.2, 0.25) is 5.78 Å². The van der Waals surface area contributed by atoms with E-state index in [4.69, 9.17) is 0 Å². The first-order valence-corrected chi connectivity index (χ1v) is 11.8. The van der Waals surface area contributed by atoms with Crippen LogP contribution in [0.25, 0.3) is 10.8 Å². The van der Waals surface area contributed by atoms with Gasteiger partial charge < -0.3 is 0 Å². The summed E-state index contributed by atoms with van der Waals surface area (Å²) in [5.74, 6) is -1.18. The third kappa shape index (κ3) is 4.89. The van der Waals surface area contributed by atoms with Crippen LogP contribution in [0.4, 0.5) is 13.2 Å². The number of nitrogens with zero attached hydrogens (tertiary/aromatic N) is 1. The zero-order valence-corrected chi connectivity index (χ0v) is 19.1. The highest BCUT2D eigenvalue weighted by atomic mass is 32.2. The highest BCUT2D eigenvalue weighted by Crippen LogP contribution is 2.28. The highest BCUT2D eigenvalue weighted by Gasteiger charge is 2.49. The van der Waals surface area contributed by atoms with E-state index in [0.717, 1.165) is 0 Å². The Hall–Kier alpha value is -4.31. The quantitative estimate of drug-likeness (QED) is 0.141. The van der Waals surface area contributed by atoms with Crippen molar-refractivity contribution in [1.29, 1.82) is 0 Å². The van der Waals surface area contributed by atoms with E-state index in [1.165, 1.54) is 36.4 Å². The second kappa shape index (κ2) is 9.74. The third-order valence-corrected chi connectivity index (χ3v) is 6.06. The molecule has 0 aliphatic rings. The number of alkyl halides is 3. The number of carbonyl (C=O) groups excluding carboxylic acids is 2. The van der Waals surface area contributed by atoms with E-state index >= 15 is 0 Å². The number of hydrogen-bond acceptors (Lipinski definition) is 6. The molecular formula is C26H16F3NO5S. The Labute approximate surface area is 203 Å². The van der Waals surface area contributed by atoms with E-state index < -0.39 is 27.1 Å². The van der Waals surface area contributed by atoms with Crippen LogP contribution in [0.1, 0.15) is 31.8 Å². The molecule has 0 bridgehead atoms. The molecule has 0 saturated carbocycles. The number of oxime groups is 1. The van der Waals surface area contributed by atoms with Crippen molar-refractivity contribution in [3.05, 3.63) is 119 Å². The van der Waals surface area contributed by atoms with Gasteiger partial charge in [-0.3, -0.25) is 13.9 Å². The Balaban J connectivity index is 1.84. The second-order valence-electron chi connectivity index (χ2n) is 7.51. The lowest BCUT2D eigenvalue weighted by molar-refractivity contribution is -0.0541. The molecule has 0 radical (unpaired) electrons. The van der Waals surface area contributed by atoms with Crippen molar-refractivity contribution in [3.63, 3.8) is 0 Å². The van der Waals surface area contributed by atoms with Gasteiger partial charge in [-0.15, -0.1) is 0 Å². The average molecular weight is 511 g/mol. The lowest BCUT2D eigenvalue weighted by Crippen LogP contribution is -2.25. The van der Waals surface area contributed by atoms with Crippen LogP contribution in [0.3, 0.4) is 0 Å². The summed E-state index contributed by atoms with van der Waals surface area (Å²) in [7, 11) is -6.09. The molecule has 0 atom stereocenters. The van der Waals surface area contributed by atoms with E-state index in [2.05, 4.69) is 9.44 Å². The molecule has 4 aromatic rings. The van der Waals surface area contributed by atoms with Crippen LogP contribution in [0.15, 0.2) is 102 Å².